The highest BCUT2D eigenvalue weighted by Gasteiger charge is 2.19. The molecule has 0 aliphatic heterocycles. The van der Waals surface area contributed by atoms with Crippen LogP contribution >= 0.6 is 34.5 Å². The van der Waals surface area contributed by atoms with E-state index < -0.39 is 10.0 Å². The summed E-state index contributed by atoms with van der Waals surface area (Å²) in [5.41, 5.74) is 5.82. The minimum atomic E-state index is -3.68. The monoisotopic (exact) mass is 336 g/mol. The maximum absolute atomic E-state index is 12.2. The lowest BCUT2D eigenvalue weighted by Gasteiger charge is -2.09. The van der Waals surface area contributed by atoms with Gasteiger partial charge in [0.2, 0.25) is 0 Å². The number of halogens is 2. The Kier molecular flexibility index (Phi) is 4.37. The van der Waals surface area contributed by atoms with Gasteiger partial charge in [0.15, 0.2) is 0 Å². The van der Waals surface area contributed by atoms with Crippen LogP contribution in [0.5, 0.6) is 0 Å². The van der Waals surface area contributed by atoms with Gasteiger partial charge in [0.1, 0.15) is 4.90 Å². The predicted octanol–water partition coefficient (Wildman–Crippen LogP) is 3.31. The zero-order valence-corrected chi connectivity index (χ0v) is 12.7. The van der Waals surface area contributed by atoms with E-state index in [2.05, 4.69) is 4.72 Å². The van der Waals surface area contributed by atoms with E-state index in [4.69, 9.17) is 28.9 Å². The van der Waals surface area contributed by atoms with Gasteiger partial charge in [-0.05, 0) is 29.6 Å². The topological polar surface area (TPSA) is 72.2 Å². The summed E-state index contributed by atoms with van der Waals surface area (Å²) in [5, 5.41) is 2.39. The summed E-state index contributed by atoms with van der Waals surface area (Å²) in [5.74, 6) is 0. The third-order valence-corrected chi connectivity index (χ3v) is 5.27. The third kappa shape index (κ3) is 3.40. The fraction of sp³-hybridized carbons (Fsp3) is 0.0909. The average molecular weight is 337 g/mol. The standard InChI is InChI=1S/C11H10Cl2N2O2S2/c12-7-3-8(13)5-9(4-7)15-19(16,17)11-1-2-18-10(11)6-14/h1-5,15H,6,14H2. The van der Waals surface area contributed by atoms with Crippen LogP contribution in [-0.2, 0) is 16.6 Å². The quantitative estimate of drug-likeness (QED) is 0.899. The van der Waals surface area contributed by atoms with Crippen LogP contribution in [0.2, 0.25) is 10.0 Å². The fourth-order valence-electron chi connectivity index (χ4n) is 1.54. The summed E-state index contributed by atoms with van der Waals surface area (Å²) in [6.07, 6.45) is 0. The number of benzene rings is 1. The summed E-state index contributed by atoms with van der Waals surface area (Å²) < 4.78 is 26.9. The molecule has 4 nitrogen and oxygen atoms in total. The average Bonchev–Trinajstić information content (AvgIpc) is 2.75. The van der Waals surface area contributed by atoms with Crippen LogP contribution in [0.3, 0.4) is 0 Å². The number of anilines is 1. The molecule has 0 aliphatic carbocycles. The first-order valence-electron chi connectivity index (χ1n) is 5.18. The molecule has 0 radical (unpaired) electrons. The van der Waals surface area contributed by atoms with Gasteiger partial charge in [0.05, 0.1) is 5.69 Å². The molecule has 0 fully saturated rings. The second kappa shape index (κ2) is 5.68. The van der Waals surface area contributed by atoms with Crippen LogP contribution in [-0.4, -0.2) is 8.42 Å². The van der Waals surface area contributed by atoms with Crippen LogP contribution in [0.1, 0.15) is 4.88 Å². The normalized spacial score (nSPS) is 11.5. The van der Waals surface area contributed by atoms with Gasteiger partial charge in [0, 0.05) is 21.5 Å². The van der Waals surface area contributed by atoms with Crippen molar-refractivity contribution in [3.05, 3.63) is 44.6 Å². The molecule has 0 bridgehead atoms. The van der Waals surface area contributed by atoms with Crippen molar-refractivity contribution in [3.8, 4) is 0 Å². The zero-order chi connectivity index (χ0) is 14.0. The van der Waals surface area contributed by atoms with E-state index in [9.17, 15) is 8.42 Å². The fourth-order valence-corrected chi connectivity index (χ4v) is 4.44. The number of nitrogens with one attached hydrogen (secondary N) is 1. The van der Waals surface area contributed by atoms with Crippen molar-refractivity contribution in [2.24, 2.45) is 5.73 Å². The second-order valence-electron chi connectivity index (χ2n) is 3.68. The SMILES string of the molecule is NCc1sccc1S(=O)(=O)Nc1cc(Cl)cc(Cl)c1. The maximum Gasteiger partial charge on any atom is 0.263 e. The second-order valence-corrected chi connectivity index (χ2v) is 7.20. The van der Waals surface area contributed by atoms with Crippen LogP contribution in [0.15, 0.2) is 34.5 Å². The Hall–Kier alpha value is -0.790. The molecular weight excluding hydrogens is 327 g/mol. The molecular formula is C11H10Cl2N2O2S2. The van der Waals surface area contributed by atoms with Gasteiger partial charge in [-0.1, -0.05) is 23.2 Å². The lowest BCUT2D eigenvalue weighted by Crippen LogP contribution is -2.14. The summed E-state index contributed by atoms with van der Waals surface area (Å²) >= 11 is 12.9. The van der Waals surface area contributed by atoms with Crippen molar-refractivity contribution in [2.45, 2.75) is 11.4 Å². The summed E-state index contributed by atoms with van der Waals surface area (Å²) in [6, 6.07) is 6.01. The van der Waals surface area contributed by atoms with Crippen LogP contribution < -0.4 is 10.5 Å². The van der Waals surface area contributed by atoms with Gasteiger partial charge in [0.25, 0.3) is 10.0 Å². The molecule has 0 unspecified atom stereocenters. The van der Waals surface area contributed by atoms with Gasteiger partial charge in [-0.3, -0.25) is 4.72 Å². The Balaban J connectivity index is 2.36. The first kappa shape index (κ1) is 14.6. The Labute approximate surface area is 125 Å². The zero-order valence-electron chi connectivity index (χ0n) is 9.56. The molecule has 102 valence electrons. The van der Waals surface area contributed by atoms with E-state index in [1.54, 1.807) is 5.38 Å². The van der Waals surface area contributed by atoms with Gasteiger partial charge >= 0.3 is 0 Å². The first-order valence-corrected chi connectivity index (χ1v) is 8.29. The van der Waals surface area contributed by atoms with Gasteiger partial charge in [-0.2, -0.15) is 0 Å². The van der Waals surface area contributed by atoms with Crippen molar-refractivity contribution in [2.75, 3.05) is 4.72 Å². The van der Waals surface area contributed by atoms with Crippen molar-refractivity contribution in [3.63, 3.8) is 0 Å². The number of nitrogens with two attached hydrogens (primary N) is 1. The van der Waals surface area contributed by atoms with E-state index >= 15 is 0 Å². The summed E-state index contributed by atoms with van der Waals surface area (Å²) in [7, 11) is -3.68. The van der Waals surface area contributed by atoms with Crippen molar-refractivity contribution in [1.29, 1.82) is 0 Å². The van der Waals surface area contributed by atoms with Gasteiger partial charge in [-0.15, -0.1) is 11.3 Å². The molecule has 2 aromatic rings. The van der Waals surface area contributed by atoms with Crippen molar-refractivity contribution >= 4 is 50.2 Å². The summed E-state index contributed by atoms with van der Waals surface area (Å²) in [6.45, 7) is 0.171. The Morgan fingerprint density at radius 2 is 1.84 bits per heavy atom. The highest BCUT2D eigenvalue weighted by molar-refractivity contribution is 7.93. The smallest absolute Gasteiger partial charge is 0.263 e. The molecule has 0 atom stereocenters. The minimum absolute atomic E-state index is 0.171. The molecule has 1 aromatic carbocycles. The molecule has 1 aromatic heterocycles. The van der Waals surface area contributed by atoms with Crippen molar-refractivity contribution in [1.82, 2.24) is 0 Å². The predicted molar refractivity (Wildman–Crippen MR) is 79.5 cm³/mol. The lowest BCUT2D eigenvalue weighted by atomic mass is 10.3. The maximum atomic E-state index is 12.2. The molecule has 0 saturated heterocycles. The lowest BCUT2D eigenvalue weighted by molar-refractivity contribution is 0.600. The van der Waals surface area contributed by atoms with E-state index in [1.807, 2.05) is 0 Å². The Morgan fingerprint density at radius 1 is 1.21 bits per heavy atom. The van der Waals surface area contributed by atoms with E-state index in [1.165, 1.54) is 35.6 Å². The highest BCUT2D eigenvalue weighted by Crippen LogP contribution is 2.27. The van der Waals surface area contributed by atoms with Crippen LogP contribution in [0, 0.1) is 0 Å². The molecule has 1 heterocycles. The van der Waals surface area contributed by atoms with Gasteiger partial charge in [-0.25, -0.2) is 8.42 Å². The molecule has 19 heavy (non-hydrogen) atoms. The Bertz CT molecular complexity index is 678. The number of rotatable bonds is 4. The Morgan fingerprint density at radius 3 is 2.42 bits per heavy atom. The molecule has 3 N–H and O–H groups in total. The molecule has 8 heteroatoms. The first-order chi connectivity index (χ1) is 8.92. The van der Waals surface area contributed by atoms with E-state index in [0.29, 0.717) is 20.6 Å². The summed E-state index contributed by atoms with van der Waals surface area (Å²) in [4.78, 5) is 0.775. The molecule has 0 spiro atoms. The number of sulfonamides is 1. The minimum Gasteiger partial charge on any atom is -0.326 e. The molecule has 0 aliphatic rings. The van der Waals surface area contributed by atoms with E-state index in [0.717, 1.165) is 0 Å². The number of thiophene rings is 1. The van der Waals surface area contributed by atoms with E-state index in [-0.39, 0.29) is 11.4 Å². The number of hydrogen-bond donors (Lipinski definition) is 2. The third-order valence-electron chi connectivity index (χ3n) is 2.29. The number of hydrogen-bond acceptors (Lipinski definition) is 4. The van der Waals surface area contributed by atoms with Crippen molar-refractivity contribution < 1.29 is 8.42 Å². The molecule has 0 saturated carbocycles. The molecule has 0 amide bonds. The van der Waals surface area contributed by atoms with Crippen LogP contribution in [0.25, 0.3) is 0 Å². The highest BCUT2D eigenvalue weighted by atomic mass is 35.5. The van der Waals surface area contributed by atoms with Gasteiger partial charge < -0.3 is 5.73 Å². The van der Waals surface area contributed by atoms with Crippen LogP contribution in [0.4, 0.5) is 5.69 Å². The largest absolute Gasteiger partial charge is 0.326 e. The molecule has 2 rings (SSSR count).